The molecule has 5 N–H and O–H groups in total. The lowest BCUT2D eigenvalue weighted by Gasteiger charge is -2.39. The summed E-state index contributed by atoms with van der Waals surface area (Å²) in [6.45, 7) is 3.38. The highest BCUT2D eigenvalue weighted by molar-refractivity contribution is 5.83. The minimum Gasteiger partial charge on any atom is -0.387 e. The average molecular weight is 450 g/mol. The van der Waals surface area contributed by atoms with Gasteiger partial charge in [0.15, 0.2) is 0 Å². The van der Waals surface area contributed by atoms with Crippen molar-refractivity contribution in [1.82, 2.24) is 9.80 Å². The van der Waals surface area contributed by atoms with Crippen LogP contribution in [-0.2, 0) is 4.79 Å². The summed E-state index contributed by atoms with van der Waals surface area (Å²) in [5, 5.41) is 7.98. The van der Waals surface area contributed by atoms with Crippen LogP contribution < -0.4 is 11.5 Å². The number of nitrogens with two attached hydrogens (primary N) is 2. The number of amidine groups is 1. The second-order valence-corrected chi connectivity index (χ2v) is 11.0. The third kappa shape index (κ3) is 5.46. The Morgan fingerprint density at radius 2 is 1.62 bits per heavy atom. The molecule has 0 spiro atoms. The Morgan fingerprint density at radius 1 is 0.938 bits per heavy atom. The van der Waals surface area contributed by atoms with Gasteiger partial charge in [0.25, 0.3) is 0 Å². The number of alkyl halides is 1. The van der Waals surface area contributed by atoms with Crippen LogP contribution >= 0.6 is 0 Å². The van der Waals surface area contributed by atoms with Crippen molar-refractivity contribution in [2.75, 3.05) is 26.2 Å². The van der Waals surface area contributed by atoms with E-state index in [9.17, 15) is 9.18 Å². The van der Waals surface area contributed by atoms with E-state index in [4.69, 9.17) is 16.9 Å². The summed E-state index contributed by atoms with van der Waals surface area (Å²) in [6, 6.07) is 0.332. The summed E-state index contributed by atoms with van der Waals surface area (Å²) in [5.74, 6) is 2.56. The molecule has 1 amide bonds. The molecule has 4 atom stereocenters. The number of piperidine rings is 1. The van der Waals surface area contributed by atoms with Gasteiger partial charge in [0.2, 0.25) is 5.91 Å². The third-order valence-corrected chi connectivity index (χ3v) is 9.11. The Hall–Kier alpha value is -1.21. The zero-order valence-electron chi connectivity index (χ0n) is 19.7. The monoisotopic (exact) mass is 449 g/mol. The minimum absolute atomic E-state index is 0.0284. The number of amides is 1. The molecule has 4 fully saturated rings. The van der Waals surface area contributed by atoms with Crippen LogP contribution in [0, 0.1) is 29.1 Å². The first-order valence-electron chi connectivity index (χ1n) is 13.2. The van der Waals surface area contributed by atoms with Gasteiger partial charge in [-0.15, -0.1) is 0 Å². The zero-order chi connectivity index (χ0) is 22.7. The number of nitrogens with one attached hydrogen (secondary N) is 1. The summed E-state index contributed by atoms with van der Waals surface area (Å²) in [7, 11) is 0. The fourth-order valence-electron chi connectivity index (χ4n) is 7.02. The van der Waals surface area contributed by atoms with E-state index >= 15 is 0 Å². The molecule has 0 aromatic carbocycles. The van der Waals surface area contributed by atoms with Gasteiger partial charge in [-0.25, -0.2) is 4.39 Å². The summed E-state index contributed by atoms with van der Waals surface area (Å²) in [6.07, 6.45) is 10.9. The summed E-state index contributed by atoms with van der Waals surface area (Å²) in [4.78, 5) is 18.3. The molecular weight excluding hydrogens is 405 g/mol. The molecule has 182 valence electrons. The Morgan fingerprint density at radius 3 is 2.28 bits per heavy atom. The fraction of sp³-hybridized carbons (Fsp3) is 0.920. The van der Waals surface area contributed by atoms with E-state index in [-0.39, 0.29) is 12.0 Å². The smallest absolute Gasteiger partial charge is 0.239 e. The standard InChI is InChI=1S/C25H44FN5O/c26-21-5-1-17(2-6-21)10-14-31-22-16-20(24(28)29)4-3-19(22)15-23(31)25(32)30-12-8-18(7-11-27)9-13-30/h17-23H,1-16,27H2,(H3,28,29). The fourth-order valence-corrected chi connectivity index (χ4v) is 7.02. The van der Waals surface area contributed by atoms with Crippen LogP contribution in [0.15, 0.2) is 0 Å². The van der Waals surface area contributed by atoms with Crippen LogP contribution in [0.25, 0.3) is 0 Å². The lowest BCUT2D eigenvalue weighted by molar-refractivity contribution is -0.138. The molecular formula is C25H44FN5O. The second-order valence-electron chi connectivity index (χ2n) is 11.0. The van der Waals surface area contributed by atoms with Gasteiger partial charge in [-0.2, -0.15) is 0 Å². The molecule has 0 bridgehead atoms. The van der Waals surface area contributed by atoms with Gasteiger partial charge in [0.05, 0.1) is 11.9 Å². The first kappa shape index (κ1) is 23.9. The molecule has 4 aliphatic rings. The Balaban J connectivity index is 1.42. The van der Waals surface area contributed by atoms with Crippen molar-refractivity contribution < 1.29 is 9.18 Å². The number of halogens is 1. The molecule has 0 radical (unpaired) electrons. The van der Waals surface area contributed by atoms with Crippen LogP contribution in [0.3, 0.4) is 0 Å². The summed E-state index contributed by atoms with van der Waals surface area (Å²) >= 11 is 0. The highest BCUT2D eigenvalue weighted by atomic mass is 19.1. The summed E-state index contributed by atoms with van der Waals surface area (Å²) < 4.78 is 13.6. The van der Waals surface area contributed by atoms with E-state index in [0.29, 0.717) is 48.4 Å². The molecule has 2 aliphatic heterocycles. The van der Waals surface area contributed by atoms with Crippen molar-refractivity contribution in [3.05, 3.63) is 0 Å². The van der Waals surface area contributed by atoms with Crippen molar-refractivity contribution in [3.63, 3.8) is 0 Å². The van der Waals surface area contributed by atoms with Crippen molar-refractivity contribution in [2.24, 2.45) is 35.1 Å². The van der Waals surface area contributed by atoms with E-state index in [1.807, 2.05) is 0 Å². The Bertz CT molecular complexity index is 644. The van der Waals surface area contributed by atoms with Crippen molar-refractivity contribution >= 4 is 11.7 Å². The highest BCUT2D eigenvalue weighted by Gasteiger charge is 2.48. The van der Waals surface area contributed by atoms with E-state index < -0.39 is 6.17 Å². The number of carbonyl (C=O) groups is 1. The van der Waals surface area contributed by atoms with Gasteiger partial charge in [0, 0.05) is 25.0 Å². The quantitative estimate of drug-likeness (QED) is 0.410. The lowest BCUT2D eigenvalue weighted by atomic mass is 9.78. The molecule has 2 aliphatic carbocycles. The third-order valence-electron chi connectivity index (χ3n) is 9.11. The molecule has 0 aromatic heterocycles. The lowest BCUT2D eigenvalue weighted by Crippen LogP contribution is -2.51. The van der Waals surface area contributed by atoms with Crippen LogP contribution in [-0.4, -0.2) is 66.0 Å². The number of fused-ring (bicyclic) bond motifs is 1. The summed E-state index contributed by atoms with van der Waals surface area (Å²) in [5.41, 5.74) is 11.6. The van der Waals surface area contributed by atoms with E-state index in [2.05, 4.69) is 9.80 Å². The number of rotatable bonds is 7. The van der Waals surface area contributed by atoms with Gasteiger partial charge in [-0.3, -0.25) is 15.1 Å². The minimum atomic E-state index is -0.617. The maximum Gasteiger partial charge on any atom is 0.239 e. The van der Waals surface area contributed by atoms with Crippen molar-refractivity contribution in [1.29, 1.82) is 5.41 Å². The number of hydrogen-bond donors (Lipinski definition) is 3. The number of nitrogens with zero attached hydrogens (tertiary/aromatic N) is 2. The molecule has 2 heterocycles. The van der Waals surface area contributed by atoms with E-state index in [1.165, 1.54) is 0 Å². The van der Waals surface area contributed by atoms with Gasteiger partial charge >= 0.3 is 0 Å². The van der Waals surface area contributed by atoms with Crippen LogP contribution in [0.4, 0.5) is 4.39 Å². The van der Waals surface area contributed by atoms with Crippen LogP contribution in [0.2, 0.25) is 0 Å². The molecule has 6 nitrogen and oxygen atoms in total. The van der Waals surface area contributed by atoms with Crippen LogP contribution in [0.1, 0.15) is 77.0 Å². The van der Waals surface area contributed by atoms with Crippen molar-refractivity contribution in [3.8, 4) is 0 Å². The highest BCUT2D eigenvalue weighted by Crippen LogP contribution is 2.43. The number of hydrogen-bond acceptors (Lipinski definition) is 4. The molecule has 32 heavy (non-hydrogen) atoms. The first-order chi connectivity index (χ1) is 15.5. The normalized spacial score (nSPS) is 36.8. The van der Waals surface area contributed by atoms with Gasteiger partial charge in [0.1, 0.15) is 6.17 Å². The predicted molar refractivity (Wildman–Crippen MR) is 126 cm³/mol. The second kappa shape index (κ2) is 10.8. The predicted octanol–water partition coefficient (Wildman–Crippen LogP) is 3.29. The topological polar surface area (TPSA) is 99.4 Å². The molecule has 0 aromatic rings. The first-order valence-corrected chi connectivity index (χ1v) is 13.2. The van der Waals surface area contributed by atoms with Gasteiger partial charge in [-0.1, -0.05) is 0 Å². The Labute approximate surface area is 193 Å². The van der Waals surface area contributed by atoms with E-state index in [1.54, 1.807) is 0 Å². The molecule has 2 saturated heterocycles. The number of likely N-dealkylation sites (tertiary alicyclic amines) is 2. The SMILES string of the molecule is N=C(N)C1CCC2CC(C(=O)N3CCC(CCN)CC3)N(CCC3CCC(F)CC3)C2C1. The molecule has 7 heteroatoms. The average Bonchev–Trinajstić information content (AvgIpc) is 3.16. The van der Waals surface area contributed by atoms with E-state index in [0.717, 1.165) is 90.4 Å². The largest absolute Gasteiger partial charge is 0.387 e. The zero-order valence-corrected chi connectivity index (χ0v) is 19.7. The molecule has 4 unspecified atom stereocenters. The van der Waals surface area contributed by atoms with Gasteiger partial charge in [-0.05, 0) is 108 Å². The van der Waals surface area contributed by atoms with Crippen molar-refractivity contribution in [2.45, 2.75) is 95.3 Å². The van der Waals surface area contributed by atoms with Gasteiger partial charge < -0.3 is 16.4 Å². The number of carbonyl (C=O) groups excluding carboxylic acids is 1. The Kier molecular flexibility index (Phi) is 8.09. The maximum atomic E-state index is 13.7. The molecule has 2 saturated carbocycles. The van der Waals surface area contributed by atoms with Crippen LogP contribution in [0.5, 0.6) is 0 Å². The maximum absolute atomic E-state index is 13.7. The molecule has 4 rings (SSSR count).